The number of carbonyl (C=O) groups is 3. The summed E-state index contributed by atoms with van der Waals surface area (Å²) in [6, 6.07) is 0. The molecule has 81 heavy (non-hydrogen) atoms. The van der Waals surface area contributed by atoms with E-state index in [9.17, 15) is 14.4 Å². The summed E-state index contributed by atoms with van der Waals surface area (Å²) in [6.45, 7) is 6.31. The minimum Gasteiger partial charge on any atom is -0.462 e. The lowest BCUT2D eigenvalue weighted by molar-refractivity contribution is -0.166. The van der Waals surface area contributed by atoms with Gasteiger partial charge >= 0.3 is 17.9 Å². The predicted octanol–water partition coefficient (Wildman–Crippen LogP) is 23.6. The summed E-state index contributed by atoms with van der Waals surface area (Å²) in [5.41, 5.74) is 0. The molecule has 0 rings (SSSR count). The second-order valence-corrected chi connectivity index (χ2v) is 22.3. The van der Waals surface area contributed by atoms with Crippen LogP contribution in [0.2, 0.25) is 0 Å². The van der Waals surface area contributed by atoms with Gasteiger partial charge in [-0.3, -0.25) is 14.4 Å². The molecule has 0 spiro atoms. The zero-order chi connectivity index (χ0) is 58.5. The number of allylic oxidation sites excluding steroid dienone is 19. The Labute approximate surface area is 501 Å². The highest BCUT2D eigenvalue weighted by atomic mass is 16.6. The summed E-state index contributed by atoms with van der Waals surface area (Å²) in [5.74, 6) is -1.10. The van der Waals surface area contributed by atoms with E-state index >= 15 is 0 Å². The highest BCUT2D eigenvalue weighted by Gasteiger charge is 2.19. The summed E-state index contributed by atoms with van der Waals surface area (Å²) >= 11 is 0. The van der Waals surface area contributed by atoms with E-state index in [1.165, 1.54) is 180 Å². The first-order valence-electron chi connectivity index (χ1n) is 34.0. The standard InChI is InChI=1S/C75H126O6/c1-4-7-10-13-16-19-22-25-28-29-30-31-32-33-34-35-36-37-38-39-40-41-42-43-44-45-48-50-53-56-59-62-65-68-74(77)80-71-72(81-75(78)69-66-63-60-57-54-51-47-27-24-21-18-15-12-9-6-3)70-79-73(76)67-64-61-58-55-52-49-46-26-23-20-17-14-11-8-5-2/h8-9,11-12,17-18,20-21,26-27,29-30,46-47,52,54-55,57,63,66,72H,4-7,10,13-16,19,22-25,28,31-45,48-51,53,56,58-62,64-65,67-71H2,1-3H3/b11-8-,12-9-,20-17-,21-18-,30-29-,46-26-,47-27-,55-52-,57-54-,66-63-. The maximum Gasteiger partial charge on any atom is 0.310 e. The van der Waals surface area contributed by atoms with E-state index in [-0.39, 0.29) is 38.0 Å². The van der Waals surface area contributed by atoms with Crippen LogP contribution < -0.4 is 0 Å². The van der Waals surface area contributed by atoms with Crippen molar-refractivity contribution >= 4 is 17.9 Å². The molecule has 6 nitrogen and oxygen atoms in total. The van der Waals surface area contributed by atoms with Crippen LogP contribution in [-0.4, -0.2) is 37.2 Å². The van der Waals surface area contributed by atoms with E-state index in [4.69, 9.17) is 14.2 Å². The number of hydrogen-bond donors (Lipinski definition) is 0. The number of carbonyl (C=O) groups excluding carboxylic acids is 3. The quantitative estimate of drug-likeness (QED) is 0.0261. The third kappa shape index (κ3) is 66.5. The number of rotatable bonds is 61. The maximum absolute atomic E-state index is 12.8. The summed E-state index contributed by atoms with van der Waals surface area (Å²) in [6.07, 6.45) is 95.7. The fraction of sp³-hybridized carbons (Fsp3) is 0.693. The van der Waals surface area contributed by atoms with Crippen LogP contribution in [0.3, 0.4) is 0 Å². The molecule has 0 aliphatic carbocycles. The van der Waals surface area contributed by atoms with Gasteiger partial charge in [-0.2, -0.15) is 0 Å². The van der Waals surface area contributed by atoms with Gasteiger partial charge in [0, 0.05) is 12.8 Å². The molecule has 0 saturated heterocycles. The van der Waals surface area contributed by atoms with Gasteiger partial charge in [0.15, 0.2) is 6.10 Å². The zero-order valence-electron chi connectivity index (χ0n) is 53.0. The van der Waals surface area contributed by atoms with Gasteiger partial charge in [0.25, 0.3) is 0 Å². The molecule has 0 aromatic rings. The molecule has 0 N–H and O–H groups in total. The van der Waals surface area contributed by atoms with Crippen molar-refractivity contribution in [2.75, 3.05) is 13.2 Å². The van der Waals surface area contributed by atoms with E-state index in [1.807, 2.05) is 6.08 Å². The molecule has 0 aliphatic heterocycles. The molecule has 462 valence electrons. The topological polar surface area (TPSA) is 78.9 Å². The Balaban J connectivity index is 4.23. The van der Waals surface area contributed by atoms with Gasteiger partial charge in [0.05, 0.1) is 6.42 Å². The Morgan fingerprint density at radius 1 is 0.272 bits per heavy atom. The third-order valence-electron chi connectivity index (χ3n) is 14.5. The largest absolute Gasteiger partial charge is 0.462 e. The van der Waals surface area contributed by atoms with Crippen molar-refractivity contribution in [1.29, 1.82) is 0 Å². The van der Waals surface area contributed by atoms with Gasteiger partial charge in [-0.05, 0) is 109 Å². The lowest BCUT2D eigenvalue weighted by atomic mass is 10.0. The first-order valence-corrected chi connectivity index (χ1v) is 34.0. The third-order valence-corrected chi connectivity index (χ3v) is 14.5. The summed E-state index contributed by atoms with van der Waals surface area (Å²) in [7, 11) is 0. The molecular formula is C75H126O6. The Hall–Kier alpha value is -4.19. The van der Waals surface area contributed by atoms with E-state index in [1.54, 1.807) is 6.08 Å². The molecule has 0 bridgehead atoms. The monoisotopic (exact) mass is 1120 g/mol. The number of hydrogen-bond acceptors (Lipinski definition) is 6. The Kier molecular flexibility index (Phi) is 64.8. The second-order valence-electron chi connectivity index (χ2n) is 22.3. The van der Waals surface area contributed by atoms with E-state index in [2.05, 4.69) is 130 Å². The van der Waals surface area contributed by atoms with E-state index in [0.29, 0.717) is 19.3 Å². The van der Waals surface area contributed by atoms with Gasteiger partial charge in [-0.25, -0.2) is 0 Å². The zero-order valence-corrected chi connectivity index (χ0v) is 53.0. The van der Waals surface area contributed by atoms with Crippen LogP contribution in [0.4, 0.5) is 0 Å². The Bertz CT molecular complexity index is 1670. The minimum absolute atomic E-state index is 0.0852. The van der Waals surface area contributed by atoms with Crippen molar-refractivity contribution in [1.82, 2.24) is 0 Å². The molecule has 0 radical (unpaired) electrons. The predicted molar refractivity (Wildman–Crippen MR) is 353 cm³/mol. The van der Waals surface area contributed by atoms with Crippen molar-refractivity contribution < 1.29 is 28.6 Å². The first-order chi connectivity index (χ1) is 40.0. The highest BCUT2D eigenvalue weighted by Crippen LogP contribution is 2.17. The molecule has 6 heteroatoms. The van der Waals surface area contributed by atoms with Gasteiger partial charge in [0.1, 0.15) is 13.2 Å². The van der Waals surface area contributed by atoms with E-state index < -0.39 is 12.1 Å². The van der Waals surface area contributed by atoms with Crippen LogP contribution in [0.15, 0.2) is 122 Å². The van der Waals surface area contributed by atoms with Crippen molar-refractivity contribution in [3.05, 3.63) is 122 Å². The van der Waals surface area contributed by atoms with Crippen molar-refractivity contribution in [2.24, 2.45) is 0 Å². The molecule has 1 atom stereocenters. The van der Waals surface area contributed by atoms with Crippen LogP contribution >= 0.6 is 0 Å². The SMILES string of the molecule is CC/C=C\C/C=C\C/C=C\C/C=C\C/C=C\CC(=O)OC(COC(=O)CCCC/C=C\C/C=C\C/C=C\C/C=C\CC)COC(=O)CCCCCCCCCCCCCCCCCCCCCCC/C=C\CCCCCCCCCC. The molecule has 0 fully saturated rings. The molecule has 0 saturated carbocycles. The van der Waals surface area contributed by atoms with Gasteiger partial charge in [0.2, 0.25) is 0 Å². The summed E-state index contributed by atoms with van der Waals surface area (Å²) < 4.78 is 16.8. The number of esters is 3. The molecule has 0 amide bonds. The lowest BCUT2D eigenvalue weighted by Gasteiger charge is -2.18. The van der Waals surface area contributed by atoms with Crippen LogP contribution in [-0.2, 0) is 28.6 Å². The Morgan fingerprint density at radius 2 is 0.519 bits per heavy atom. The average Bonchev–Trinajstić information content (AvgIpc) is 3.47. The molecule has 0 aromatic heterocycles. The van der Waals surface area contributed by atoms with Crippen LogP contribution in [0.25, 0.3) is 0 Å². The van der Waals surface area contributed by atoms with Gasteiger partial charge in [-0.15, -0.1) is 0 Å². The van der Waals surface area contributed by atoms with Crippen molar-refractivity contribution in [2.45, 2.75) is 322 Å². The van der Waals surface area contributed by atoms with Crippen LogP contribution in [0.5, 0.6) is 0 Å². The highest BCUT2D eigenvalue weighted by molar-refractivity contribution is 5.72. The molecule has 0 heterocycles. The number of ether oxygens (including phenoxy) is 3. The Morgan fingerprint density at radius 3 is 0.852 bits per heavy atom. The minimum atomic E-state index is -0.853. The average molecular weight is 1120 g/mol. The fourth-order valence-corrected chi connectivity index (χ4v) is 9.45. The number of unbranched alkanes of at least 4 members (excludes halogenated alkanes) is 31. The van der Waals surface area contributed by atoms with Crippen LogP contribution in [0, 0.1) is 0 Å². The summed E-state index contributed by atoms with van der Waals surface area (Å²) in [4.78, 5) is 38.2. The molecule has 0 aliphatic rings. The van der Waals surface area contributed by atoms with Gasteiger partial charge in [-0.1, -0.05) is 309 Å². The fourth-order valence-electron chi connectivity index (χ4n) is 9.45. The van der Waals surface area contributed by atoms with Crippen molar-refractivity contribution in [3.8, 4) is 0 Å². The molecule has 0 aromatic carbocycles. The normalized spacial score (nSPS) is 12.9. The van der Waals surface area contributed by atoms with Gasteiger partial charge < -0.3 is 14.2 Å². The van der Waals surface area contributed by atoms with Crippen LogP contribution in [0.1, 0.15) is 316 Å². The van der Waals surface area contributed by atoms with Crippen molar-refractivity contribution in [3.63, 3.8) is 0 Å². The lowest BCUT2D eigenvalue weighted by Crippen LogP contribution is -2.30. The molecule has 1 unspecified atom stereocenters. The summed E-state index contributed by atoms with van der Waals surface area (Å²) in [5, 5.41) is 0. The second kappa shape index (κ2) is 68.3. The maximum atomic E-state index is 12.8. The smallest absolute Gasteiger partial charge is 0.310 e. The van der Waals surface area contributed by atoms with E-state index in [0.717, 1.165) is 83.5 Å². The first kappa shape index (κ1) is 76.8. The molecular weight excluding hydrogens is 997 g/mol.